The zero-order chi connectivity index (χ0) is 24.9. The predicted octanol–water partition coefficient (Wildman–Crippen LogP) is 6.76. The summed E-state index contributed by atoms with van der Waals surface area (Å²) in [5, 5.41) is 5.99. The largest absolute Gasteiger partial charge is 0.483 e. The zero-order valence-electron chi connectivity index (χ0n) is 19.4. The number of halogens is 3. The molecule has 4 rings (SSSR count). The van der Waals surface area contributed by atoms with Gasteiger partial charge in [0.15, 0.2) is 6.61 Å². The lowest BCUT2D eigenvalue weighted by Crippen LogP contribution is -2.50. The summed E-state index contributed by atoms with van der Waals surface area (Å²) in [4.78, 5) is 27.9. The summed E-state index contributed by atoms with van der Waals surface area (Å²) in [6, 6.07) is 16.4. The van der Waals surface area contributed by atoms with Crippen LogP contribution in [-0.2, 0) is 16.1 Å². The molecule has 1 aliphatic rings. The maximum Gasteiger partial charge on any atom is 0.261 e. The normalized spacial score (nSPS) is 14.6. The van der Waals surface area contributed by atoms with Crippen molar-refractivity contribution in [2.75, 3.05) is 6.61 Å². The lowest BCUT2D eigenvalue weighted by molar-refractivity contribution is -0.142. The van der Waals surface area contributed by atoms with E-state index in [0.717, 1.165) is 46.5 Å². The van der Waals surface area contributed by atoms with Crippen molar-refractivity contribution in [2.45, 2.75) is 51.2 Å². The number of ether oxygens (including phenoxy) is 1. The van der Waals surface area contributed by atoms with Crippen molar-refractivity contribution in [2.24, 2.45) is 0 Å². The third-order valence-corrected chi connectivity index (χ3v) is 7.94. The SMILES string of the molecule is C[C@@H](C(=O)NC1CCCC1)N(Cc1ccc(Cl)c(Cl)c1)C(=O)COc1ccc2ccccc2c1Br. The Hall–Kier alpha value is -2.28. The van der Waals surface area contributed by atoms with Crippen molar-refractivity contribution >= 4 is 61.7 Å². The van der Waals surface area contributed by atoms with Gasteiger partial charge in [-0.15, -0.1) is 0 Å². The van der Waals surface area contributed by atoms with Crippen LogP contribution in [0.25, 0.3) is 10.8 Å². The molecule has 0 saturated heterocycles. The second-order valence-corrected chi connectivity index (χ2v) is 10.4. The molecular weight excluding hydrogens is 551 g/mol. The average Bonchev–Trinajstić information content (AvgIpc) is 3.37. The fourth-order valence-electron chi connectivity index (χ4n) is 4.36. The summed E-state index contributed by atoms with van der Waals surface area (Å²) in [6.45, 7) is 1.74. The number of nitrogens with one attached hydrogen (secondary N) is 1. The minimum absolute atomic E-state index is 0.164. The lowest BCUT2D eigenvalue weighted by Gasteiger charge is -2.30. The molecule has 0 bridgehead atoms. The minimum Gasteiger partial charge on any atom is -0.483 e. The van der Waals surface area contributed by atoms with Gasteiger partial charge in [-0.1, -0.05) is 72.4 Å². The van der Waals surface area contributed by atoms with Crippen LogP contribution in [0.4, 0.5) is 0 Å². The zero-order valence-corrected chi connectivity index (χ0v) is 22.5. The number of carbonyl (C=O) groups excluding carboxylic acids is 2. The van der Waals surface area contributed by atoms with E-state index in [9.17, 15) is 9.59 Å². The lowest BCUT2D eigenvalue weighted by atomic mass is 10.1. The summed E-state index contributed by atoms with van der Waals surface area (Å²) in [5.41, 5.74) is 0.778. The summed E-state index contributed by atoms with van der Waals surface area (Å²) in [7, 11) is 0. The molecule has 1 aliphatic carbocycles. The molecule has 1 fully saturated rings. The maximum absolute atomic E-state index is 13.4. The number of fused-ring (bicyclic) bond motifs is 1. The Balaban J connectivity index is 1.52. The summed E-state index contributed by atoms with van der Waals surface area (Å²) < 4.78 is 6.70. The van der Waals surface area contributed by atoms with Gasteiger partial charge in [-0.25, -0.2) is 0 Å². The first-order chi connectivity index (χ1) is 16.8. The van der Waals surface area contributed by atoms with E-state index >= 15 is 0 Å². The van der Waals surface area contributed by atoms with Gasteiger partial charge < -0.3 is 15.0 Å². The van der Waals surface area contributed by atoms with Crippen molar-refractivity contribution in [3.05, 3.63) is 74.7 Å². The Morgan fingerprint density at radius 3 is 2.57 bits per heavy atom. The minimum atomic E-state index is -0.679. The van der Waals surface area contributed by atoms with Crippen molar-refractivity contribution < 1.29 is 14.3 Å². The van der Waals surface area contributed by atoms with Gasteiger partial charge in [-0.3, -0.25) is 9.59 Å². The first-order valence-corrected chi connectivity index (χ1v) is 13.2. The second-order valence-electron chi connectivity index (χ2n) is 8.82. The highest BCUT2D eigenvalue weighted by Gasteiger charge is 2.29. The highest BCUT2D eigenvalue weighted by molar-refractivity contribution is 9.10. The van der Waals surface area contributed by atoms with E-state index in [4.69, 9.17) is 27.9 Å². The van der Waals surface area contributed by atoms with Crippen molar-refractivity contribution in [1.82, 2.24) is 10.2 Å². The molecule has 0 spiro atoms. The molecule has 0 aliphatic heterocycles. The first-order valence-electron chi connectivity index (χ1n) is 11.7. The standard InChI is InChI=1S/C27H27BrCl2N2O3/c1-17(27(34)31-20-7-3-4-8-20)32(15-18-10-12-22(29)23(30)14-18)25(33)16-35-24-13-11-19-6-2-5-9-21(19)26(24)28/h2,5-6,9-14,17,20H,3-4,7-8,15-16H2,1H3,(H,31,34)/t17-/m0/s1. The molecule has 5 nitrogen and oxygen atoms in total. The molecule has 0 aromatic heterocycles. The van der Waals surface area contributed by atoms with E-state index in [0.29, 0.717) is 15.8 Å². The van der Waals surface area contributed by atoms with E-state index in [2.05, 4.69) is 21.2 Å². The summed E-state index contributed by atoms with van der Waals surface area (Å²) >= 11 is 15.9. The topological polar surface area (TPSA) is 58.6 Å². The summed E-state index contributed by atoms with van der Waals surface area (Å²) in [6.07, 6.45) is 4.16. The van der Waals surface area contributed by atoms with Crippen LogP contribution in [0, 0.1) is 0 Å². The van der Waals surface area contributed by atoms with E-state index in [1.807, 2.05) is 36.4 Å². The number of hydrogen-bond acceptors (Lipinski definition) is 3. The third kappa shape index (κ3) is 6.29. The van der Waals surface area contributed by atoms with Crippen LogP contribution < -0.4 is 10.1 Å². The molecule has 1 N–H and O–H groups in total. The fraction of sp³-hybridized carbons (Fsp3) is 0.333. The van der Waals surface area contributed by atoms with Crippen LogP contribution in [-0.4, -0.2) is 35.4 Å². The Bertz CT molecular complexity index is 1230. The van der Waals surface area contributed by atoms with Gasteiger partial charge >= 0.3 is 0 Å². The number of rotatable bonds is 8. The fourth-order valence-corrected chi connectivity index (χ4v) is 5.29. The number of hydrogen-bond donors (Lipinski definition) is 1. The molecule has 3 aromatic rings. The third-order valence-electron chi connectivity index (χ3n) is 6.38. The Morgan fingerprint density at radius 1 is 1.09 bits per heavy atom. The average molecular weight is 578 g/mol. The molecule has 8 heteroatoms. The molecule has 1 saturated carbocycles. The number of carbonyl (C=O) groups is 2. The van der Waals surface area contributed by atoms with Gasteiger partial charge in [0, 0.05) is 12.6 Å². The van der Waals surface area contributed by atoms with E-state index in [1.54, 1.807) is 25.1 Å². The summed E-state index contributed by atoms with van der Waals surface area (Å²) in [5.74, 6) is 0.0944. The first kappa shape index (κ1) is 25.8. The number of benzene rings is 3. The molecular formula is C27H27BrCl2N2O3. The quantitative estimate of drug-likeness (QED) is 0.321. The monoisotopic (exact) mass is 576 g/mol. The van der Waals surface area contributed by atoms with Gasteiger partial charge in [-0.05, 0) is 70.2 Å². The predicted molar refractivity (Wildman–Crippen MR) is 144 cm³/mol. The van der Waals surface area contributed by atoms with E-state index in [1.165, 1.54) is 4.90 Å². The van der Waals surface area contributed by atoms with Crippen LogP contribution >= 0.6 is 39.1 Å². The molecule has 2 amide bonds. The second kappa shape index (κ2) is 11.6. The molecule has 3 aromatic carbocycles. The molecule has 0 radical (unpaired) electrons. The Kier molecular flexibility index (Phi) is 8.58. The van der Waals surface area contributed by atoms with Crippen LogP contribution in [0.2, 0.25) is 10.0 Å². The van der Waals surface area contributed by atoms with Crippen LogP contribution in [0.3, 0.4) is 0 Å². The van der Waals surface area contributed by atoms with Crippen molar-refractivity contribution in [1.29, 1.82) is 0 Å². The smallest absolute Gasteiger partial charge is 0.261 e. The van der Waals surface area contributed by atoms with E-state index < -0.39 is 6.04 Å². The molecule has 35 heavy (non-hydrogen) atoms. The van der Waals surface area contributed by atoms with Crippen molar-refractivity contribution in [3.8, 4) is 5.75 Å². The van der Waals surface area contributed by atoms with Crippen LogP contribution in [0.15, 0.2) is 59.1 Å². The molecule has 184 valence electrons. The number of amides is 2. The number of nitrogens with zero attached hydrogens (tertiary/aromatic N) is 1. The Labute approximate surface area is 223 Å². The van der Waals surface area contributed by atoms with Crippen LogP contribution in [0.5, 0.6) is 5.75 Å². The Morgan fingerprint density at radius 2 is 1.83 bits per heavy atom. The van der Waals surface area contributed by atoms with Gasteiger partial charge in [0.1, 0.15) is 11.8 Å². The molecule has 1 atom stereocenters. The molecule has 0 unspecified atom stereocenters. The molecule has 0 heterocycles. The van der Waals surface area contributed by atoms with Crippen LogP contribution in [0.1, 0.15) is 38.2 Å². The van der Waals surface area contributed by atoms with Gasteiger partial charge in [-0.2, -0.15) is 0 Å². The van der Waals surface area contributed by atoms with Gasteiger partial charge in [0.05, 0.1) is 14.5 Å². The van der Waals surface area contributed by atoms with Crippen molar-refractivity contribution in [3.63, 3.8) is 0 Å². The highest BCUT2D eigenvalue weighted by Crippen LogP contribution is 2.33. The van der Waals surface area contributed by atoms with E-state index in [-0.39, 0.29) is 31.0 Å². The van der Waals surface area contributed by atoms with Gasteiger partial charge in [0.25, 0.3) is 5.91 Å². The highest BCUT2D eigenvalue weighted by atomic mass is 79.9. The maximum atomic E-state index is 13.4. The van der Waals surface area contributed by atoms with Gasteiger partial charge in [0.2, 0.25) is 5.91 Å².